The van der Waals surface area contributed by atoms with Crippen LogP contribution in [-0.4, -0.2) is 32.6 Å². The zero-order chi connectivity index (χ0) is 13.0. The monoisotopic (exact) mass is 224 g/mol. The molecule has 0 aromatic carbocycles. The minimum Gasteiger partial charge on any atom is -0.497 e. The first-order valence-corrected chi connectivity index (χ1v) is 5.27. The van der Waals surface area contributed by atoms with E-state index in [0.29, 0.717) is 0 Å². The number of allylic oxidation sites excluding steroid dienone is 3. The fraction of sp³-hybridized carbons (Fsp3) is 0.538. The molecule has 0 spiro atoms. The van der Waals surface area contributed by atoms with E-state index in [1.807, 2.05) is 45.9 Å². The summed E-state index contributed by atoms with van der Waals surface area (Å²) >= 11 is 0. The third-order valence-electron chi connectivity index (χ3n) is 2.05. The molecule has 0 aromatic heterocycles. The predicted molar refractivity (Wildman–Crippen MR) is 73.6 cm³/mol. The summed E-state index contributed by atoms with van der Waals surface area (Å²) < 4.78 is 4.91. The summed E-state index contributed by atoms with van der Waals surface area (Å²) in [5.41, 5.74) is 2.01. The second kappa shape index (κ2) is 11.7. The number of hydrogen-bond donors (Lipinski definition) is 0. The molecule has 0 rings (SSSR count). The van der Waals surface area contributed by atoms with Gasteiger partial charge in [-0.25, -0.2) is 0 Å². The highest BCUT2D eigenvalue weighted by atomic mass is 16.5. The Morgan fingerprint density at radius 2 is 1.44 bits per heavy atom. The van der Waals surface area contributed by atoms with Gasteiger partial charge in [0.15, 0.2) is 0 Å². The summed E-state index contributed by atoms with van der Waals surface area (Å²) in [5.74, 6) is 0.910. The zero-order valence-corrected chi connectivity index (χ0v) is 11.5. The van der Waals surface area contributed by atoms with Crippen LogP contribution in [0.25, 0.3) is 0 Å². The highest BCUT2D eigenvalue weighted by Gasteiger charge is 1.89. The highest BCUT2D eigenvalue weighted by Crippen LogP contribution is 1.94. The number of rotatable bonds is 3. The molecule has 92 valence electrons. The zero-order valence-electron chi connectivity index (χ0n) is 11.5. The van der Waals surface area contributed by atoms with Gasteiger partial charge in [-0.05, 0) is 39.8 Å². The maximum Gasteiger partial charge on any atom is 0.114 e. The molecule has 0 aliphatic carbocycles. The minimum absolute atomic E-state index is 0.910. The number of ether oxygens (including phenoxy) is 1. The van der Waals surface area contributed by atoms with E-state index in [-0.39, 0.29) is 0 Å². The van der Waals surface area contributed by atoms with E-state index in [9.17, 15) is 0 Å². The predicted octanol–water partition coefficient (Wildman–Crippen LogP) is 3.28. The average Bonchev–Trinajstić information content (AvgIpc) is 2.34. The molecule has 0 radical (unpaired) electrons. The Morgan fingerprint density at radius 3 is 1.56 bits per heavy atom. The van der Waals surface area contributed by atoms with Crippen LogP contribution >= 0.6 is 0 Å². The Morgan fingerprint density at radius 1 is 1.00 bits per heavy atom. The highest BCUT2D eigenvalue weighted by molar-refractivity contribution is 6.40. The largest absolute Gasteiger partial charge is 0.497 e. The lowest BCUT2D eigenvalue weighted by Crippen LogP contribution is -2.03. The molecule has 0 N–H and O–H groups in total. The van der Waals surface area contributed by atoms with Gasteiger partial charge in [0.1, 0.15) is 5.76 Å². The molecule has 0 aliphatic heterocycles. The molecule has 0 saturated carbocycles. The van der Waals surface area contributed by atoms with Crippen LogP contribution in [0.15, 0.2) is 34.0 Å². The maximum atomic E-state index is 4.91. The van der Waals surface area contributed by atoms with Crippen LogP contribution in [0.3, 0.4) is 0 Å². The Bertz CT molecular complexity index is 259. The van der Waals surface area contributed by atoms with Gasteiger partial charge in [0, 0.05) is 14.1 Å². The number of hydrogen-bond acceptors (Lipinski definition) is 3. The molecule has 0 amide bonds. The number of aliphatic imine (C=N–C) groups is 2. The molecule has 0 bridgehead atoms. The van der Waals surface area contributed by atoms with Crippen LogP contribution in [0.5, 0.6) is 0 Å². The normalized spacial score (nSPS) is 13.6. The van der Waals surface area contributed by atoms with Crippen LogP contribution in [0, 0.1) is 0 Å². The molecule has 0 fully saturated rings. The molecular formula is C13H24N2O. The van der Waals surface area contributed by atoms with Gasteiger partial charge in [0.2, 0.25) is 0 Å². The number of nitrogens with zero attached hydrogens (tertiary/aromatic N) is 2. The van der Waals surface area contributed by atoms with E-state index in [4.69, 9.17) is 4.74 Å². The number of methoxy groups -OCH3 is 1. The summed E-state index contributed by atoms with van der Waals surface area (Å²) in [7, 11) is 5.20. The maximum absolute atomic E-state index is 4.91. The van der Waals surface area contributed by atoms with Crippen molar-refractivity contribution in [1.82, 2.24) is 0 Å². The van der Waals surface area contributed by atoms with Crippen LogP contribution in [0.4, 0.5) is 0 Å². The Kier molecular flexibility index (Phi) is 12.4. The van der Waals surface area contributed by atoms with Gasteiger partial charge in [0.05, 0.1) is 18.5 Å². The molecule has 3 heteroatoms. The quantitative estimate of drug-likeness (QED) is 0.411. The van der Waals surface area contributed by atoms with Gasteiger partial charge in [-0.2, -0.15) is 0 Å². The lowest BCUT2D eigenvalue weighted by molar-refractivity contribution is 0.306. The van der Waals surface area contributed by atoms with E-state index < -0.39 is 0 Å². The van der Waals surface area contributed by atoms with Crippen molar-refractivity contribution in [2.75, 3.05) is 21.2 Å². The smallest absolute Gasteiger partial charge is 0.114 e. The van der Waals surface area contributed by atoms with Gasteiger partial charge in [0.25, 0.3) is 0 Å². The SMILES string of the molecule is C/C=C\C(=C/C)OC.CN=C(C)C(C)=NC. The second-order valence-electron chi connectivity index (χ2n) is 3.01. The standard InChI is InChI=1S/C7H12O.C6H12N2/c1-4-6-7(5-2)8-3;1-5(7-3)6(2)8-4/h4-6H,1-3H3;1-4H3/b6-4-,7-5+;. The first-order valence-electron chi connectivity index (χ1n) is 5.27. The van der Waals surface area contributed by atoms with Gasteiger partial charge >= 0.3 is 0 Å². The summed E-state index contributed by atoms with van der Waals surface area (Å²) in [5, 5.41) is 0. The van der Waals surface area contributed by atoms with Gasteiger partial charge in [-0.1, -0.05) is 6.08 Å². The van der Waals surface area contributed by atoms with Crippen molar-refractivity contribution in [3.8, 4) is 0 Å². The van der Waals surface area contributed by atoms with E-state index in [1.54, 1.807) is 21.2 Å². The third kappa shape index (κ3) is 9.19. The van der Waals surface area contributed by atoms with E-state index in [0.717, 1.165) is 17.2 Å². The Balaban J connectivity index is 0. The van der Waals surface area contributed by atoms with E-state index in [2.05, 4.69) is 9.98 Å². The third-order valence-corrected chi connectivity index (χ3v) is 2.05. The summed E-state index contributed by atoms with van der Waals surface area (Å²) in [6.07, 6.45) is 5.78. The van der Waals surface area contributed by atoms with Crippen LogP contribution in [0.2, 0.25) is 0 Å². The lowest BCUT2D eigenvalue weighted by Gasteiger charge is -1.94. The summed E-state index contributed by atoms with van der Waals surface area (Å²) in [6, 6.07) is 0. The fourth-order valence-electron chi connectivity index (χ4n) is 0.770. The topological polar surface area (TPSA) is 34.0 Å². The molecule has 3 nitrogen and oxygen atoms in total. The molecule has 0 heterocycles. The first-order chi connectivity index (χ1) is 7.56. The molecule has 0 atom stereocenters. The molecule has 0 saturated heterocycles. The van der Waals surface area contributed by atoms with Gasteiger partial charge in [-0.3, -0.25) is 9.98 Å². The fourth-order valence-corrected chi connectivity index (χ4v) is 0.770. The van der Waals surface area contributed by atoms with Crippen molar-refractivity contribution in [3.63, 3.8) is 0 Å². The van der Waals surface area contributed by atoms with Crippen molar-refractivity contribution in [2.24, 2.45) is 9.98 Å². The first kappa shape index (κ1) is 17.0. The Hall–Kier alpha value is -1.38. The van der Waals surface area contributed by atoms with Crippen molar-refractivity contribution in [2.45, 2.75) is 27.7 Å². The second-order valence-corrected chi connectivity index (χ2v) is 3.01. The van der Waals surface area contributed by atoms with Gasteiger partial charge in [-0.15, -0.1) is 0 Å². The van der Waals surface area contributed by atoms with Crippen LogP contribution in [-0.2, 0) is 4.74 Å². The molecule has 16 heavy (non-hydrogen) atoms. The lowest BCUT2D eigenvalue weighted by atomic mass is 10.3. The van der Waals surface area contributed by atoms with Crippen molar-refractivity contribution in [3.05, 3.63) is 24.0 Å². The molecule has 0 unspecified atom stereocenters. The van der Waals surface area contributed by atoms with Crippen LogP contribution in [0.1, 0.15) is 27.7 Å². The molecular weight excluding hydrogens is 200 g/mol. The van der Waals surface area contributed by atoms with E-state index in [1.165, 1.54) is 0 Å². The van der Waals surface area contributed by atoms with Crippen molar-refractivity contribution in [1.29, 1.82) is 0 Å². The summed E-state index contributed by atoms with van der Waals surface area (Å²) in [6.45, 7) is 7.80. The van der Waals surface area contributed by atoms with Crippen molar-refractivity contribution >= 4 is 11.4 Å². The van der Waals surface area contributed by atoms with Crippen LogP contribution < -0.4 is 0 Å². The minimum atomic E-state index is 0.910. The van der Waals surface area contributed by atoms with Gasteiger partial charge < -0.3 is 4.74 Å². The Labute approximate surface area is 99.6 Å². The molecule has 0 aliphatic rings. The average molecular weight is 224 g/mol. The van der Waals surface area contributed by atoms with Crippen molar-refractivity contribution < 1.29 is 4.74 Å². The molecule has 0 aromatic rings. The summed E-state index contributed by atoms with van der Waals surface area (Å²) in [4.78, 5) is 7.89. The van der Waals surface area contributed by atoms with E-state index >= 15 is 0 Å².